The molecule has 0 saturated heterocycles. The molecular weight excluding hydrogens is 304 g/mol. The molecular formula is C18H36SSi2. The molecule has 122 valence electrons. The molecule has 3 heteroatoms. The van der Waals surface area contributed by atoms with Gasteiger partial charge in [-0.25, -0.2) is 0 Å². The van der Waals surface area contributed by atoms with E-state index in [1.807, 2.05) is 9.00 Å². The molecule has 1 aromatic heterocycles. The third-order valence-corrected chi connectivity index (χ3v) is 12.6. The van der Waals surface area contributed by atoms with Crippen LogP contribution in [0.25, 0.3) is 0 Å². The molecule has 0 nitrogen and oxygen atoms in total. The zero-order valence-corrected chi connectivity index (χ0v) is 18.5. The van der Waals surface area contributed by atoms with Gasteiger partial charge in [0.15, 0.2) is 0 Å². The molecule has 0 N–H and O–H groups in total. The summed E-state index contributed by atoms with van der Waals surface area (Å²) < 4.78 is 3.64. The Morgan fingerprint density at radius 1 is 0.667 bits per heavy atom. The molecule has 0 spiro atoms. The van der Waals surface area contributed by atoms with Gasteiger partial charge in [0.1, 0.15) is 0 Å². The summed E-state index contributed by atoms with van der Waals surface area (Å²) in [6.07, 6.45) is 8.01. The van der Waals surface area contributed by atoms with Gasteiger partial charge in [-0.05, 0) is 45.8 Å². The fourth-order valence-corrected chi connectivity index (χ4v) is 9.58. The van der Waals surface area contributed by atoms with Gasteiger partial charge in [-0.3, -0.25) is 0 Å². The quantitative estimate of drug-likeness (QED) is 0.546. The summed E-state index contributed by atoms with van der Waals surface area (Å²) in [6.45, 7) is 19.9. The molecule has 0 aromatic carbocycles. The Morgan fingerprint density at radius 3 is 1.24 bits per heavy atom. The Balaban J connectivity index is 3.40. The van der Waals surface area contributed by atoms with Gasteiger partial charge in [0.25, 0.3) is 0 Å². The van der Waals surface area contributed by atoms with E-state index >= 15 is 0 Å². The van der Waals surface area contributed by atoms with Crippen LogP contribution in [0.2, 0.25) is 39.3 Å². The van der Waals surface area contributed by atoms with E-state index in [2.05, 4.69) is 64.5 Å². The SMILES string of the molecule is CCCCc1c([Si](C)(C)C)sc([Si](C)(C)C)c1CCCC. The summed E-state index contributed by atoms with van der Waals surface area (Å²) in [4.78, 5) is 0. The standard InChI is InChI=1S/C18H36SSi2/c1-9-11-13-15-16(14-12-10-2)18(21(6,7)8)19-17(15)20(3,4)5/h9-14H2,1-8H3. The zero-order valence-electron chi connectivity index (χ0n) is 15.7. The maximum atomic E-state index is 2.53. The number of hydrogen-bond acceptors (Lipinski definition) is 1. The first-order valence-electron chi connectivity index (χ1n) is 8.78. The van der Waals surface area contributed by atoms with Gasteiger partial charge in [0.2, 0.25) is 0 Å². The second kappa shape index (κ2) is 7.60. The molecule has 0 aliphatic carbocycles. The first-order valence-corrected chi connectivity index (χ1v) is 16.6. The second-order valence-electron chi connectivity index (χ2n) is 8.42. The number of thiophene rings is 1. The van der Waals surface area contributed by atoms with Crippen molar-refractivity contribution in [3.05, 3.63) is 11.1 Å². The molecule has 0 unspecified atom stereocenters. The van der Waals surface area contributed by atoms with E-state index in [4.69, 9.17) is 0 Å². The van der Waals surface area contributed by atoms with Crippen LogP contribution in [0.5, 0.6) is 0 Å². The van der Waals surface area contributed by atoms with Crippen LogP contribution >= 0.6 is 11.3 Å². The fraction of sp³-hybridized carbons (Fsp3) is 0.778. The van der Waals surface area contributed by atoms with Gasteiger partial charge in [0.05, 0.1) is 16.1 Å². The summed E-state index contributed by atoms with van der Waals surface area (Å²) >= 11 is 2.22. The van der Waals surface area contributed by atoms with E-state index in [0.717, 1.165) is 0 Å². The van der Waals surface area contributed by atoms with E-state index in [1.165, 1.54) is 38.5 Å². The predicted molar refractivity (Wildman–Crippen MR) is 108 cm³/mol. The molecule has 0 aliphatic heterocycles. The van der Waals surface area contributed by atoms with Crippen LogP contribution < -0.4 is 9.00 Å². The summed E-state index contributed by atoms with van der Waals surface area (Å²) in [7, 11) is -2.43. The molecule has 1 rings (SSSR count). The molecule has 0 bridgehead atoms. The third-order valence-electron chi connectivity index (χ3n) is 4.04. The third kappa shape index (κ3) is 5.07. The number of hydrogen-bond donors (Lipinski definition) is 0. The van der Waals surface area contributed by atoms with Crippen molar-refractivity contribution in [1.82, 2.24) is 0 Å². The van der Waals surface area contributed by atoms with E-state index in [0.29, 0.717) is 0 Å². The average molecular weight is 341 g/mol. The smallest absolute Gasteiger partial charge is 0.0907 e. The Hall–Kier alpha value is 0.134. The van der Waals surface area contributed by atoms with Crippen LogP contribution in [-0.2, 0) is 12.8 Å². The highest BCUT2D eigenvalue weighted by Crippen LogP contribution is 2.24. The van der Waals surface area contributed by atoms with Gasteiger partial charge in [0, 0.05) is 0 Å². The summed E-state index contributed by atoms with van der Waals surface area (Å²) in [5.41, 5.74) is 3.60. The Kier molecular flexibility index (Phi) is 6.95. The number of unbranched alkanes of at least 4 members (excludes halogenated alkanes) is 2. The van der Waals surface area contributed by atoms with Crippen LogP contribution in [0.15, 0.2) is 0 Å². The van der Waals surface area contributed by atoms with Crippen LogP contribution in [-0.4, -0.2) is 16.1 Å². The van der Waals surface area contributed by atoms with E-state index < -0.39 is 16.1 Å². The van der Waals surface area contributed by atoms with Gasteiger partial charge >= 0.3 is 0 Å². The predicted octanol–water partition coefficient (Wildman–Crippen LogP) is 5.52. The molecule has 0 fully saturated rings. The molecule has 0 saturated carbocycles. The van der Waals surface area contributed by atoms with Crippen molar-refractivity contribution >= 4 is 36.5 Å². The first kappa shape index (κ1) is 19.2. The largest absolute Gasteiger partial charge is 0.154 e. The maximum Gasteiger partial charge on any atom is 0.0907 e. The number of rotatable bonds is 8. The molecule has 1 aromatic rings. The maximum absolute atomic E-state index is 2.53. The Morgan fingerprint density at radius 2 is 1.00 bits per heavy atom. The molecule has 0 aliphatic rings. The van der Waals surface area contributed by atoms with Crippen molar-refractivity contribution in [2.75, 3.05) is 0 Å². The second-order valence-corrected chi connectivity index (χ2v) is 20.2. The average Bonchev–Trinajstić information content (AvgIpc) is 2.72. The van der Waals surface area contributed by atoms with Crippen molar-refractivity contribution in [3.8, 4) is 0 Å². The van der Waals surface area contributed by atoms with Gasteiger partial charge in [-0.1, -0.05) is 66.0 Å². The van der Waals surface area contributed by atoms with Crippen molar-refractivity contribution in [2.24, 2.45) is 0 Å². The van der Waals surface area contributed by atoms with Gasteiger partial charge in [-0.15, -0.1) is 0 Å². The molecule has 1 heterocycles. The van der Waals surface area contributed by atoms with Crippen LogP contribution in [0.1, 0.15) is 50.7 Å². The first-order chi connectivity index (χ1) is 9.62. The normalized spacial score (nSPS) is 13.0. The summed E-state index contributed by atoms with van der Waals surface area (Å²) in [5, 5.41) is 0. The van der Waals surface area contributed by atoms with Crippen LogP contribution in [0.4, 0.5) is 0 Å². The monoisotopic (exact) mass is 340 g/mol. The highest BCUT2D eigenvalue weighted by molar-refractivity contribution is 7.35. The highest BCUT2D eigenvalue weighted by atomic mass is 32.1. The Labute approximate surface area is 139 Å². The Bertz CT molecular complexity index is 407. The minimum atomic E-state index is -1.22. The molecule has 0 atom stereocenters. The van der Waals surface area contributed by atoms with Crippen molar-refractivity contribution in [1.29, 1.82) is 0 Å². The van der Waals surface area contributed by atoms with Gasteiger partial charge < -0.3 is 0 Å². The fourth-order valence-electron chi connectivity index (χ4n) is 2.95. The van der Waals surface area contributed by atoms with E-state index in [1.54, 1.807) is 11.1 Å². The molecule has 0 amide bonds. The summed E-state index contributed by atoms with van der Waals surface area (Å²) in [6, 6.07) is 0. The van der Waals surface area contributed by atoms with Crippen molar-refractivity contribution in [2.45, 2.75) is 91.7 Å². The minimum absolute atomic E-state index is 1.22. The van der Waals surface area contributed by atoms with Crippen molar-refractivity contribution in [3.63, 3.8) is 0 Å². The minimum Gasteiger partial charge on any atom is -0.154 e. The zero-order chi connectivity index (χ0) is 16.3. The lowest BCUT2D eigenvalue weighted by Crippen LogP contribution is -2.39. The lowest BCUT2D eigenvalue weighted by Gasteiger charge is -2.18. The van der Waals surface area contributed by atoms with Crippen molar-refractivity contribution < 1.29 is 0 Å². The van der Waals surface area contributed by atoms with E-state index in [9.17, 15) is 0 Å². The molecule has 0 radical (unpaired) electrons. The van der Waals surface area contributed by atoms with E-state index in [-0.39, 0.29) is 0 Å². The van der Waals surface area contributed by atoms with Crippen LogP contribution in [0.3, 0.4) is 0 Å². The lowest BCUT2D eigenvalue weighted by atomic mass is 10.0. The molecule has 21 heavy (non-hydrogen) atoms. The van der Waals surface area contributed by atoms with Crippen LogP contribution in [0, 0.1) is 0 Å². The highest BCUT2D eigenvalue weighted by Gasteiger charge is 2.31. The van der Waals surface area contributed by atoms with Gasteiger partial charge in [-0.2, -0.15) is 11.3 Å². The topological polar surface area (TPSA) is 0 Å². The lowest BCUT2D eigenvalue weighted by molar-refractivity contribution is 0.765. The summed E-state index contributed by atoms with van der Waals surface area (Å²) in [5.74, 6) is 0.